The van der Waals surface area contributed by atoms with Gasteiger partial charge in [0.15, 0.2) is 0 Å². The molecule has 0 aliphatic carbocycles. The van der Waals surface area contributed by atoms with Crippen molar-refractivity contribution in [3.8, 4) is 5.75 Å². The van der Waals surface area contributed by atoms with Crippen molar-refractivity contribution < 1.29 is 15.3 Å². The first-order valence-electron chi connectivity index (χ1n) is 6.77. The van der Waals surface area contributed by atoms with E-state index in [-0.39, 0.29) is 11.2 Å². The van der Waals surface area contributed by atoms with Gasteiger partial charge in [-0.1, -0.05) is 12.1 Å². The van der Waals surface area contributed by atoms with E-state index < -0.39 is 12.9 Å². The zero-order valence-corrected chi connectivity index (χ0v) is 10.8. The molecule has 0 N–H and O–H groups in total. The number of hydrogen-bond donors (Lipinski definition) is 0. The Bertz CT molecular complexity index is 911. The number of ether oxygens (including phenoxy) is 1. The predicted octanol–water partition coefficient (Wildman–Crippen LogP) is 3.18. The SMILES string of the molecule is [2H]CC(=O)Oc1cc(C)c2c(=O)c3ccccc3oc2c1. The van der Waals surface area contributed by atoms with E-state index in [4.69, 9.17) is 10.5 Å². The van der Waals surface area contributed by atoms with Gasteiger partial charge >= 0.3 is 5.97 Å². The highest BCUT2D eigenvalue weighted by Crippen LogP contribution is 2.26. The van der Waals surface area contributed by atoms with Crippen molar-refractivity contribution in [3.05, 3.63) is 52.2 Å². The quantitative estimate of drug-likeness (QED) is 0.387. The van der Waals surface area contributed by atoms with Crippen molar-refractivity contribution in [2.75, 3.05) is 0 Å². The van der Waals surface area contributed by atoms with Crippen molar-refractivity contribution in [2.45, 2.75) is 13.8 Å². The fraction of sp³-hybridized carbons (Fsp3) is 0.125. The summed E-state index contributed by atoms with van der Waals surface area (Å²) in [7, 11) is 0. The zero-order chi connectivity index (χ0) is 15.0. The summed E-state index contributed by atoms with van der Waals surface area (Å²) in [5, 5.41) is 0.989. The number of aryl methyl sites for hydroxylation is 1. The second kappa shape index (κ2) is 4.49. The molecule has 0 fully saturated rings. The van der Waals surface area contributed by atoms with Gasteiger partial charge in [0.1, 0.15) is 16.9 Å². The summed E-state index contributed by atoms with van der Waals surface area (Å²) in [4.78, 5) is 23.7. The third kappa shape index (κ3) is 1.95. The lowest BCUT2D eigenvalue weighted by atomic mass is 10.1. The molecule has 0 amide bonds. The Morgan fingerprint density at radius 1 is 1.25 bits per heavy atom. The van der Waals surface area contributed by atoms with Crippen LogP contribution in [0.2, 0.25) is 0 Å². The van der Waals surface area contributed by atoms with E-state index in [1.165, 1.54) is 6.07 Å². The molecule has 20 heavy (non-hydrogen) atoms. The number of benzene rings is 2. The lowest BCUT2D eigenvalue weighted by molar-refractivity contribution is -0.131. The van der Waals surface area contributed by atoms with Crippen molar-refractivity contribution in [1.29, 1.82) is 0 Å². The van der Waals surface area contributed by atoms with Gasteiger partial charge in [0.25, 0.3) is 0 Å². The van der Waals surface area contributed by atoms with Crippen LogP contribution in [-0.4, -0.2) is 5.97 Å². The smallest absolute Gasteiger partial charge is 0.308 e. The first kappa shape index (κ1) is 11.2. The molecule has 4 nitrogen and oxygen atoms in total. The number of esters is 1. The molecule has 0 atom stereocenters. The van der Waals surface area contributed by atoms with Gasteiger partial charge in [-0.3, -0.25) is 9.59 Å². The highest BCUT2D eigenvalue weighted by molar-refractivity contribution is 5.92. The minimum Gasteiger partial charge on any atom is -0.456 e. The molecule has 0 radical (unpaired) electrons. The summed E-state index contributed by atoms with van der Waals surface area (Å²) in [5.41, 5.74) is 1.41. The van der Waals surface area contributed by atoms with Crippen LogP contribution < -0.4 is 10.2 Å². The molecular weight excluding hydrogens is 256 g/mol. The van der Waals surface area contributed by atoms with Crippen LogP contribution in [0.15, 0.2) is 45.6 Å². The molecule has 4 heteroatoms. The van der Waals surface area contributed by atoms with Crippen LogP contribution in [0.4, 0.5) is 0 Å². The van der Waals surface area contributed by atoms with Gasteiger partial charge in [-0.15, -0.1) is 0 Å². The molecule has 0 unspecified atom stereocenters. The number of fused-ring (bicyclic) bond motifs is 2. The van der Waals surface area contributed by atoms with E-state index in [1.807, 2.05) is 0 Å². The first-order valence-corrected chi connectivity index (χ1v) is 6.06. The highest BCUT2D eigenvalue weighted by Gasteiger charge is 2.12. The minimum absolute atomic E-state index is 0.109. The molecule has 2 aromatic carbocycles. The summed E-state index contributed by atoms with van der Waals surface area (Å²) in [6.45, 7) is 1.30. The molecule has 0 saturated carbocycles. The van der Waals surface area contributed by atoms with Crippen LogP contribution in [-0.2, 0) is 4.79 Å². The fourth-order valence-electron chi connectivity index (χ4n) is 2.28. The van der Waals surface area contributed by atoms with Crippen LogP contribution in [0, 0.1) is 6.92 Å². The second-order valence-corrected chi connectivity index (χ2v) is 4.51. The van der Waals surface area contributed by atoms with Crippen LogP contribution in [0.3, 0.4) is 0 Å². The summed E-state index contributed by atoms with van der Waals surface area (Å²) < 4.78 is 17.7. The number of rotatable bonds is 1. The summed E-state index contributed by atoms with van der Waals surface area (Å²) in [5.74, 6) is -0.382. The van der Waals surface area contributed by atoms with Crippen molar-refractivity contribution in [3.63, 3.8) is 0 Å². The Kier molecular flexibility index (Phi) is 2.52. The summed E-state index contributed by atoms with van der Waals surface area (Å²) >= 11 is 0. The van der Waals surface area contributed by atoms with Crippen LogP contribution in [0.1, 0.15) is 13.8 Å². The molecule has 1 heterocycles. The van der Waals surface area contributed by atoms with E-state index in [2.05, 4.69) is 0 Å². The Balaban J connectivity index is 2.30. The standard InChI is InChI=1S/C16H12O4/c1-9-7-11(19-10(2)17)8-14-15(9)16(18)12-5-3-4-6-13(12)20-14/h3-8H,1-2H3/i2D. The number of hydrogen-bond acceptors (Lipinski definition) is 4. The average molecular weight is 269 g/mol. The molecule has 0 bridgehead atoms. The first-order chi connectivity index (χ1) is 10.1. The topological polar surface area (TPSA) is 56.5 Å². The minimum atomic E-state index is -0.656. The van der Waals surface area contributed by atoms with Gasteiger partial charge in [-0.25, -0.2) is 0 Å². The maximum absolute atomic E-state index is 12.5. The van der Waals surface area contributed by atoms with Gasteiger partial charge in [0.05, 0.1) is 10.8 Å². The Labute approximate surface area is 116 Å². The number of para-hydroxylation sites is 1. The highest BCUT2D eigenvalue weighted by atomic mass is 16.5. The van der Waals surface area contributed by atoms with Crippen LogP contribution in [0.5, 0.6) is 5.75 Å². The molecule has 3 rings (SSSR count). The van der Waals surface area contributed by atoms with Gasteiger partial charge in [-0.05, 0) is 30.7 Å². The Hall–Kier alpha value is -2.62. The summed E-state index contributed by atoms with van der Waals surface area (Å²) in [6.07, 6.45) is 0. The molecule has 0 aliphatic rings. The third-order valence-corrected chi connectivity index (χ3v) is 3.08. The number of carbonyl (C=O) groups excluding carboxylic acids is 1. The third-order valence-electron chi connectivity index (χ3n) is 3.08. The molecular formula is C16H12O4. The number of carbonyl (C=O) groups is 1. The Morgan fingerprint density at radius 2 is 2.05 bits per heavy atom. The monoisotopic (exact) mass is 269 g/mol. The van der Waals surface area contributed by atoms with Crippen LogP contribution in [0.25, 0.3) is 21.9 Å². The van der Waals surface area contributed by atoms with Gasteiger partial charge < -0.3 is 9.15 Å². The predicted molar refractivity (Wildman–Crippen MR) is 76.0 cm³/mol. The van der Waals surface area contributed by atoms with Crippen LogP contribution >= 0.6 is 0 Å². The lowest BCUT2D eigenvalue weighted by Crippen LogP contribution is -2.06. The summed E-state index contributed by atoms with van der Waals surface area (Å²) in [6, 6.07) is 10.1. The fourth-order valence-corrected chi connectivity index (χ4v) is 2.28. The normalized spacial score (nSPS) is 11.6. The molecule has 1 aromatic heterocycles. The lowest BCUT2D eigenvalue weighted by Gasteiger charge is -2.07. The van der Waals surface area contributed by atoms with E-state index in [0.717, 1.165) is 0 Å². The van der Waals surface area contributed by atoms with Crippen molar-refractivity contribution in [2.24, 2.45) is 0 Å². The maximum atomic E-state index is 12.5. The van der Waals surface area contributed by atoms with Gasteiger partial charge in [0.2, 0.25) is 5.43 Å². The zero-order valence-electron chi connectivity index (χ0n) is 11.8. The maximum Gasteiger partial charge on any atom is 0.308 e. The molecule has 0 saturated heterocycles. The van der Waals surface area contributed by atoms with E-state index >= 15 is 0 Å². The largest absolute Gasteiger partial charge is 0.456 e. The second-order valence-electron chi connectivity index (χ2n) is 4.51. The van der Waals surface area contributed by atoms with E-state index in [9.17, 15) is 9.59 Å². The van der Waals surface area contributed by atoms with E-state index in [1.54, 1.807) is 37.3 Å². The molecule has 3 aromatic rings. The Morgan fingerprint density at radius 3 is 2.85 bits per heavy atom. The van der Waals surface area contributed by atoms with E-state index in [0.29, 0.717) is 27.5 Å². The van der Waals surface area contributed by atoms with Crippen molar-refractivity contribution >= 4 is 27.9 Å². The van der Waals surface area contributed by atoms with Gasteiger partial charge in [0, 0.05) is 14.3 Å². The van der Waals surface area contributed by atoms with Crippen molar-refractivity contribution in [1.82, 2.24) is 0 Å². The average Bonchev–Trinajstić information content (AvgIpc) is 2.46. The molecule has 0 spiro atoms. The van der Waals surface area contributed by atoms with Gasteiger partial charge in [-0.2, -0.15) is 0 Å². The molecule has 100 valence electrons. The molecule has 0 aliphatic heterocycles.